The summed E-state index contributed by atoms with van der Waals surface area (Å²) in [5, 5.41) is 13.8. The van der Waals surface area contributed by atoms with Crippen molar-refractivity contribution in [3.05, 3.63) is 24.3 Å². The van der Waals surface area contributed by atoms with E-state index < -0.39 is 20.0 Å². The van der Waals surface area contributed by atoms with Crippen LogP contribution in [-0.2, 0) is 18.4 Å². The zero-order valence-electron chi connectivity index (χ0n) is 43.3. The maximum Gasteiger partial charge on any atom is 0.472 e. The third-order valence-electron chi connectivity index (χ3n) is 12.7. The lowest BCUT2D eigenvalue weighted by molar-refractivity contribution is -0.870. The van der Waals surface area contributed by atoms with Crippen LogP contribution in [0.25, 0.3) is 0 Å². The van der Waals surface area contributed by atoms with Crippen molar-refractivity contribution in [1.82, 2.24) is 5.32 Å². The lowest BCUT2D eigenvalue weighted by Gasteiger charge is -2.25. The third-order valence-corrected chi connectivity index (χ3v) is 13.7. The number of hydrogen-bond acceptors (Lipinski definition) is 5. The first-order valence-corrected chi connectivity index (χ1v) is 29.2. The van der Waals surface area contributed by atoms with Crippen LogP contribution >= 0.6 is 7.82 Å². The van der Waals surface area contributed by atoms with Crippen LogP contribution in [0.3, 0.4) is 0 Å². The van der Waals surface area contributed by atoms with E-state index in [0.717, 1.165) is 38.5 Å². The second-order valence-electron chi connectivity index (χ2n) is 20.3. The molecule has 0 radical (unpaired) electrons. The van der Waals surface area contributed by atoms with Crippen molar-refractivity contribution < 1.29 is 32.9 Å². The molecule has 380 valence electrons. The highest BCUT2D eigenvalue weighted by molar-refractivity contribution is 7.47. The van der Waals surface area contributed by atoms with E-state index in [0.29, 0.717) is 17.4 Å². The third kappa shape index (κ3) is 48.9. The Hall–Kier alpha value is -1.02. The SMILES string of the molecule is CCCCCCC/C=C/CC/C=C/C(O)C(COP(=O)(O)OCC[N+](C)(C)C)NC(=O)CCCCCCCCCCCCCCCCCCCCCCCCCCCCCCCCC. The molecule has 0 rings (SSSR count). The summed E-state index contributed by atoms with van der Waals surface area (Å²) in [5.74, 6) is -0.183. The summed E-state index contributed by atoms with van der Waals surface area (Å²) >= 11 is 0. The summed E-state index contributed by atoms with van der Waals surface area (Å²) in [6.07, 6.45) is 58.8. The number of amides is 1. The molecule has 3 N–H and O–H groups in total. The van der Waals surface area contributed by atoms with Gasteiger partial charge in [-0.05, 0) is 32.1 Å². The van der Waals surface area contributed by atoms with E-state index in [-0.39, 0.29) is 19.1 Å². The van der Waals surface area contributed by atoms with Crippen LogP contribution in [0.15, 0.2) is 24.3 Å². The Morgan fingerprint density at radius 1 is 0.516 bits per heavy atom. The quantitative estimate of drug-likeness (QED) is 0.0243. The highest BCUT2D eigenvalue weighted by Crippen LogP contribution is 2.43. The van der Waals surface area contributed by atoms with Gasteiger partial charge in [-0.1, -0.05) is 256 Å². The van der Waals surface area contributed by atoms with Gasteiger partial charge >= 0.3 is 7.82 Å². The van der Waals surface area contributed by atoms with Crippen LogP contribution in [0.1, 0.15) is 271 Å². The number of hydrogen-bond donors (Lipinski definition) is 3. The molecular formula is C55H110N2O6P+. The van der Waals surface area contributed by atoms with E-state index in [4.69, 9.17) is 9.05 Å². The van der Waals surface area contributed by atoms with Crippen molar-refractivity contribution in [1.29, 1.82) is 0 Å². The molecule has 0 aromatic heterocycles. The molecule has 0 aliphatic heterocycles. The van der Waals surface area contributed by atoms with E-state index in [2.05, 4.69) is 31.3 Å². The Labute approximate surface area is 398 Å². The molecule has 9 heteroatoms. The fourth-order valence-corrected chi connectivity index (χ4v) is 9.03. The van der Waals surface area contributed by atoms with Crippen molar-refractivity contribution in [2.24, 2.45) is 0 Å². The molecule has 0 fully saturated rings. The molecule has 0 aromatic rings. The molecule has 3 unspecified atom stereocenters. The molecule has 0 bridgehead atoms. The van der Waals surface area contributed by atoms with Crippen molar-refractivity contribution in [2.75, 3.05) is 40.9 Å². The maximum absolute atomic E-state index is 12.9. The van der Waals surface area contributed by atoms with Crippen molar-refractivity contribution >= 4 is 13.7 Å². The van der Waals surface area contributed by atoms with Crippen LogP contribution in [0.5, 0.6) is 0 Å². The number of quaternary nitrogens is 1. The normalized spacial score (nSPS) is 14.2. The van der Waals surface area contributed by atoms with Gasteiger partial charge in [0, 0.05) is 6.42 Å². The molecule has 8 nitrogen and oxygen atoms in total. The first-order valence-electron chi connectivity index (χ1n) is 27.7. The van der Waals surface area contributed by atoms with Crippen molar-refractivity contribution in [3.8, 4) is 0 Å². The van der Waals surface area contributed by atoms with E-state index in [1.807, 2.05) is 27.2 Å². The van der Waals surface area contributed by atoms with Gasteiger partial charge in [-0.2, -0.15) is 0 Å². The minimum absolute atomic E-state index is 0.0583. The number of carbonyl (C=O) groups is 1. The monoisotopic (exact) mass is 926 g/mol. The summed E-state index contributed by atoms with van der Waals surface area (Å²) < 4.78 is 23.6. The number of phosphoric ester groups is 1. The van der Waals surface area contributed by atoms with Crippen LogP contribution in [0.4, 0.5) is 0 Å². The second kappa shape index (κ2) is 47.1. The summed E-state index contributed by atoms with van der Waals surface area (Å²) in [5.41, 5.74) is 0. The number of unbranched alkanes of at least 4 members (excludes halogenated alkanes) is 36. The smallest absolute Gasteiger partial charge is 0.387 e. The lowest BCUT2D eigenvalue weighted by Crippen LogP contribution is -2.45. The van der Waals surface area contributed by atoms with Gasteiger partial charge in [-0.15, -0.1) is 0 Å². The highest BCUT2D eigenvalue weighted by Gasteiger charge is 2.27. The number of nitrogens with zero attached hydrogens (tertiary/aromatic N) is 1. The first-order chi connectivity index (χ1) is 31.0. The highest BCUT2D eigenvalue weighted by atomic mass is 31.2. The van der Waals surface area contributed by atoms with Crippen LogP contribution in [0.2, 0.25) is 0 Å². The Bertz CT molecular complexity index is 1090. The Kier molecular flexibility index (Phi) is 46.3. The Morgan fingerprint density at radius 3 is 1.25 bits per heavy atom. The lowest BCUT2D eigenvalue weighted by atomic mass is 10.0. The van der Waals surface area contributed by atoms with Gasteiger partial charge in [0.25, 0.3) is 0 Å². The summed E-state index contributed by atoms with van der Waals surface area (Å²) in [4.78, 5) is 23.2. The minimum Gasteiger partial charge on any atom is -0.387 e. The zero-order valence-corrected chi connectivity index (χ0v) is 44.2. The molecule has 0 saturated heterocycles. The fraction of sp³-hybridized carbons (Fsp3) is 0.909. The number of carbonyl (C=O) groups excluding carboxylic acids is 1. The molecular weight excluding hydrogens is 816 g/mol. The maximum atomic E-state index is 12.9. The van der Waals surface area contributed by atoms with Crippen LogP contribution < -0.4 is 5.32 Å². The van der Waals surface area contributed by atoms with Crippen LogP contribution in [0, 0.1) is 0 Å². The molecule has 0 aliphatic carbocycles. The van der Waals surface area contributed by atoms with Crippen molar-refractivity contribution in [3.63, 3.8) is 0 Å². The number of allylic oxidation sites excluding steroid dienone is 3. The fourth-order valence-electron chi connectivity index (χ4n) is 8.30. The first kappa shape index (κ1) is 63.0. The van der Waals surface area contributed by atoms with Gasteiger partial charge in [0.05, 0.1) is 39.9 Å². The van der Waals surface area contributed by atoms with Gasteiger partial charge in [-0.3, -0.25) is 13.8 Å². The zero-order chi connectivity index (χ0) is 47.1. The van der Waals surface area contributed by atoms with Gasteiger partial charge in [-0.25, -0.2) is 4.57 Å². The van der Waals surface area contributed by atoms with E-state index in [1.165, 1.54) is 212 Å². The number of aliphatic hydroxyl groups excluding tert-OH is 1. The minimum atomic E-state index is -4.34. The molecule has 64 heavy (non-hydrogen) atoms. The molecule has 0 spiro atoms. The number of nitrogens with one attached hydrogen (secondary N) is 1. The molecule has 3 atom stereocenters. The summed E-state index contributed by atoms with van der Waals surface area (Å²) in [6, 6.07) is -0.858. The predicted octanol–water partition coefficient (Wildman–Crippen LogP) is 16.4. The number of likely N-dealkylation sites (N-methyl/N-ethyl adjacent to an activating group) is 1. The topological polar surface area (TPSA) is 105 Å². The van der Waals surface area contributed by atoms with Gasteiger partial charge in [0.15, 0.2) is 0 Å². The molecule has 0 aliphatic rings. The standard InChI is InChI=1S/C55H109N2O6P/c1-6-8-10-12-14-16-18-19-20-21-22-23-24-25-26-27-28-29-30-31-32-33-34-35-36-37-39-41-43-45-47-49-55(59)56-53(52-63-64(60,61)62-51-50-57(3,4)5)54(58)48-46-44-42-40-38-17-15-13-11-9-7-2/h38,40,46,48,53-54,58H,6-37,39,41-45,47,49-52H2,1-5H3,(H-,56,59,60,61)/p+1/b40-38+,48-46+. The molecule has 0 saturated carbocycles. The average Bonchev–Trinajstić information content (AvgIpc) is 3.25. The number of phosphoric acid groups is 1. The van der Waals surface area contributed by atoms with E-state index in [1.54, 1.807) is 6.08 Å². The summed E-state index contributed by atoms with van der Waals surface area (Å²) in [6.45, 7) is 4.79. The number of aliphatic hydroxyl groups is 1. The van der Waals surface area contributed by atoms with Crippen LogP contribution in [-0.4, -0.2) is 73.4 Å². The van der Waals surface area contributed by atoms with Crippen molar-refractivity contribution in [2.45, 2.75) is 283 Å². The van der Waals surface area contributed by atoms with E-state index in [9.17, 15) is 19.4 Å². The number of rotatable bonds is 51. The van der Waals surface area contributed by atoms with Gasteiger partial charge in [0.1, 0.15) is 13.2 Å². The second-order valence-corrected chi connectivity index (χ2v) is 21.8. The van der Waals surface area contributed by atoms with Gasteiger partial charge < -0.3 is 19.8 Å². The molecule has 0 aromatic carbocycles. The predicted molar refractivity (Wildman–Crippen MR) is 277 cm³/mol. The largest absolute Gasteiger partial charge is 0.472 e. The Morgan fingerprint density at radius 2 is 0.859 bits per heavy atom. The molecule has 0 heterocycles. The Balaban J connectivity index is 3.98. The summed E-state index contributed by atoms with van der Waals surface area (Å²) in [7, 11) is 1.56. The van der Waals surface area contributed by atoms with E-state index >= 15 is 0 Å². The van der Waals surface area contributed by atoms with Gasteiger partial charge in [0.2, 0.25) is 5.91 Å². The molecule has 1 amide bonds. The average molecular weight is 926 g/mol.